The van der Waals surface area contributed by atoms with E-state index in [-0.39, 0.29) is 23.1 Å². The molecule has 7 nitrogen and oxygen atoms in total. The van der Waals surface area contributed by atoms with Gasteiger partial charge in [0.25, 0.3) is 5.91 Å². The number of aromatic amines is 1. The summed E-state index contributed by atoms with van der Waals surface area (Å²) in [7, 11) is 0. The smallest absolute Gasteiger partial charge is 0.360 e. The third-order valence-corrected chi connectivity index (χ3v) is 3.83. The van der Waals surface area contributed by atoms with E-state index in [1.54, 1.807) is 18.2 Å². The lowest BCUT2D eigenvalue weighted by atomic mass is 10.1. The van der Waals surface area contributed by atoms with Gasteiger partial charge in [-0.25, -0.2) is 5.48 Å². The molecule has 144 valence electrons. The molecule has 3 N–H and O–H groups in total. The Kier molecular flexibility index (Phi) is 5.03. The molecule has 2 aromatic carbocycles. The Balaban J connectivity index is 1.97. The molecule has 0 aliphatic rings. The van der Waals surface area contributed by atoms with Gasteiger partial charge in [-0.15, -0.1) is 0 Å². The maximum absolute atomic E-state index is 13.3. The lowest BCUT2D eigenvalue weighted by Crippen LogP contribution is -2.23. The monoisotopic (exact) mass is 391 g/mol. The van der Waals surface area contributed by atoms with Crippen LogP contribution in [-0.4, -0.2) is 17.4 Å². The van der Waals surface area contributed by atoms with Crippen molar-refractivity contribution in [1.82, 2.24) is 4.98 Å². The molecule has 10 heteroatoms. The summed E-state index contributed by atoms with van der Waals surface area (Å²) in [5, 5.41) is 2.34. The van der Waals surface area contributed by atoms with Gasteiger partial charge in [0.1, 0.15) is 5.56 Å². The van der Waals surface area contributed by atoms with Crippen LogP contribution < -0.4 is 16.2 Å². The Bertz CT molecular complexity index is 1110. The number of hydrogen-bond acceptors (Lipinski definition) is 5. The summed E-state index contributed by atoms with van der Waals surface area (Å²) in [6.45, 7) is 0.00888. The second-order valence-corrected chi connectivity index (χ2v) is 5.61. The minimum absolute atomic E-state index is 0.00888. The van der Waals surface area contributed by atoms with Crippen LogP contribution in [0, 0.1) is 0 Å². The van der Waals surface area contributed by atoms with Crippen molar-refractivity contribution >= 4 is 34.7 Å². The van der Waals surface area contributed by atoms with Crippen molar-refractivity contribution in [2.75, 3.05) is 10.8 Å². The fourth-order valence-corrected chi connectivity index (χ4v) is 2.57. The fraction of sp³-hybridized carbons (Fsp3) is 0.0556. The number of pyridine rings is 1. The van der Waals surface area contributed by atoms with Crippen molar-refractivity contribution in [3.05, 3.63) is 70.0 Å². The van der Waals surface area contributed by atoms with Crippen LogP contribution in [0.1, 0.15) is 15.9 Å². The van der Waals surface area contributed by atoms with E-state index in [2.05, 4.69) is 15.1 Å². The van der Waals surface area contributed by atoms with Gasteiger partial charge in [0.05, 0.1) is 16.9 Å². The summed E-state index contributed by atoms with van der Waals surface area (Å²) < 4.78 is 40.0. The first-order valence-corrected chi connectivity index (χ1v) is 7.79. The predicted molar refractivity (Wildman–Crippen MR) is 94.7 cm³/mol. The zero-order chi connectivity index (χ0) is 20.3. The Morgan fingerprint density at radius 2 is 1.89 bits per heavy atom. The molecular weight excluding hydrogens is 379 g/mol. The van der Waals surface area contributed by atoms with Crippen LogP contribution in [0.3, 0.4) is 0 Å². The minimum Gasteiger partial charge on any atom is -0.360 e. The molecule has 0 unspecified atom stereocenters. The third kappa shape index (κ3) is 3.80. The topological polar surface area (TPSA) is 100 Å². The second kappa shape index (κ2) is 7.43. The number of aromatic nitrogens is 1. The van der Waals surface area contributed by atoms with Crippen LogP contribution >= 0.6 is 0 Å². The largest absolute Gasteiger partial charge is 0.418 e. The van der Waals surface area contributed by atoms with Gasteiger partial charge in [0.15, 0.2) is 0 Å². The molecule has 0 radical (unpaired) electrons. The molecule has 0 saturated heterocycles. The summed E-state index contributed by atoms with van der Waals surface area (Å²) in [4.78, 5) is 42.0. The highest BCUT2D eigenvalue weighted by Crippen LogP contribution is 2.36. The van der Waals surface area contributed by atoms with Gasteiger partial charge in [-0.3, -0.25) is 14.4 Å². The quantitative estimate of drug-likeness (QED) is 0.458. The van der Waals surface area contributed by atoms with E-state index in [4.69, 9.17) is 0 Å². The summed E-state index contributed by atoms with van der Waals surface area (Å²) in [5.74, 6) is -0.998. The molecule has 0 atom stereocenters. The van der Waals surface area contributed by atoms with Gasteiger partial charge in [-0.2, -0.15) is 13.2 Å². The highest BCUT2D eigenvalue weighted by Gasteiger charge is 2.34. The van der Waals surface area contributed by atoms with E-state index in [0.29, 0.717) is 11.6 Å². The summed E-state index contributed by atoms with van der Waals surface area (Å²) >= 11 is 0. The molecule has 0 bridgehead atoms. The lowest BCUT2D eigenvalue weighted by Gasteiger charge is -2.15. The van der Waals surface area contributed by atoms with Crippen molar-refractivity contribution in [2.45, 2.75) is 6.18 Å². The lowest BCUT2D eigenvalue weighted by molar-refractivity contribution is -0.136. The van der Waals surface area contributed by atoms with Crippen LogP contribution in [-0.2, 0) is 15.8 Å². The average molecular weight is 391 g/mol. The highest BCUT2D eigenvalue weighted by atomic mass is 19.4. The number of carbonyl (C=O) groups excluding carboxylic acids is 2. The van der Waals surface area contributed by atoms with Gasteiger partial charge in [0.2, 0.25) is 5.43 Å². The van der Waals surface area contributed by atoms with Crippen LogP contribution in [0.25, 0.3) is 10.9 Å². The number of halogens is 3. The first-order chi connectivity index (χ1) is 13.3. The van der Waals surface area contributed by atoms with Gasteiger partial charge in [-0.05, 0) is 30.3 Å². The molecule has 1 heterocycles. The Morgan fingerprint density at radius 1 is 1.14 bits per heavy atom. The minimum atomic E-state index is -4.81. The molecule has 0 fully saturated rings. The van der Waals surface area contributed by atoms with Crippen molar-refractivity contribution in [3.63, 3.8) is 0 Å². The SMILES string of the molecule is O=CONc1ccc(NC(=O)c2c[nH]c3ccccc3c2=O)c(C(F)(F)F)c1. The van der Waals surface area contributed by atoms with Crippen LogP contribution in [0.4, 0.5) is 24.5 Å². The number of benzene rings is 2. The van der Waals surface area contributed by atoms with Crippen LogP contribution in [0.5, 0.6) is 0 Å². The molecule has 28 heavy (non-hydrogen) atoms. The van der Waals surface area contributed by atoms with Crippen LogP contribution in [0.15, 0.2) is 53.5 Å². The zero-order valence-corrected chi connectivity index (χ0v) is 14.0. The molecule has 0 saturated carbocycles. The molecule has 0 aliphatic carbocycles. The number of alkyl halides is 3. The van der Waals surface area contributed by atoms with Crippen LogP contribution in [0.2, 0.25) is 0 Å². The normalized spacial score (nSPS) is 11.1. The number of amides is 1. The number of rotatable bonds is 5. The number of fused-ring (bicyclic) bond motifs is 1. The molecule has 1 aromatic heterocycles. The van der Waals surface area contributed by atoms with Gasteiger partial charge in [-0.1, -0.05) is 12.1 Å². The maximum atomic E-state index is 13.3. The summed E-state index contributed by atoms with van der Waals surface area (Å²) in [6, 6.07) is 9.23. The first kappa shape index (κ1) is 19.0. The molecule has 1 amide bonds. The number of anilines is 2. The highest BCUT2D eigenvalue weighted by molar-refractivity contribution is 6.06. The zero-order valence-electron chi connectivity index (χ0n) is 14.0. The van der Waals surface area contributed by atoms with E-state index >= 15 is 0 Å². The Morgan fingerprint density at radius 3 is 2.61 bits per heavy atom. The molecule has 3 aromatic rings. The number of nitrogens with one attached hydrogen (secondary N) is 3. The van der Waals surface area contributed by atoms with E-state index in [0.717, 1.165) is 12.3 Å². The number of carbonyl (C=O) groups is 2. The summed E-state index contributed by atoms with van der Waals surface area (Å²) in [5.41, 5.74) is -0.333. The van der Waals surface area contributed by atoms with E-state index in [9.17, 15) is 27.6 Å². The van der Waals surface area contributed by atoms with E-state index in [1.807, 2.05) is 5.48 Å². The van der Waals surface area contributed by atoms with Crippen molar-refractivity contribution in [2.24, 2.45) is 0 Å². The first-order valence-electron chi connectivity index (χ1n) is 7.79. The predicted octanol–water partition coefficient (Wildman–Crippen LogP) is 3.30. The van der Waals surface area contributed by atoms with Crippen molar-refractivity contribution < 1.29 is 27.6 Å². The van der Waals surface area contributed by atoms with Crippen molar-refractivity contribution in [1.29, 1.82) is 0 Å². The number of H-pyrrole nitrogens is 1. The Hall–Kier alpha value is -3.82. The molecule has 0 spiro atoms. The average Bonchev–Trinajstić information content (AvgIpc) is 2.66. The Labute approximate surface area is 155 Å². The van der Waals surface area contributed by atoms with Gasteiger partial charge < -0.3 is 15.1 Å². The van der Waals surface area contributed by atoms with Crippen molar-refractivity contribution in [3.8, 4) is 0 Å². The molecule has 3 rings (SSSR count). The van der Waals surface area contributed by atoms with Gasteiger partial charge in [0, 0.05) is 17.1 Å². The van der Waals surface area contributed by atoms with E-state index < -0.39 is 28.8 Å². The van der Waals surface area contributed by atoms with E-state index in [1.165, 1.54) is 12.1 Å². The standard InChI is InChI=1S/C18H12F3N3O4/c19-18(20,21)13-7-10(24-28-9-25)5-6-15(13)23-17(27)12-8-22-14-4-2-1-3-11(14)16(12)26/h1-9,24H,(H,22,26)(H,23,27). The number of para-hydroxylation sites is 1. The molecule has 0 aliphatic heterocycles. The third-order valence-electron chi connectivity index (χ3n) is 3.83. The molecular formula is C18H12F3N3O4. The maximum Gasteiger partial charge on any atom is 0.418 e. The second-order valence-electron chi connectivity index (χ2n) is 5.61. The fourth-order valence-electron chi connectivity index (χ4n) is 2.57. The number of hydrogen-bond donors (Lipinski definition) is 3. The summed E-state index contributed by atoms with van der Waals surface area (Å²) in [6.07, 6.45) is -3.67. The van der Waals surface area contributed by atoms with Gasteiger partial charge >= 0.3 is 12.6 Å².